The molecule has 2 rings (SSSR count). The summed E-state index contributed by atoms with van der Waals surface area (Å²) in [6.07, 6.45) is 1.19. The number of ether oxygens (including phenoxy) is 1. The molecule has 1 aromatic rings. The van der Waals surface area contributed by atoms with E-state index in [4.69, 9.17) is 9.84 Å². The van der Waals surface area contributed by atoms with Crippen molar-refractivity contribution in [1.82, 2.24) is 0 Å². The Labute approximate surface area is 118 Å². The number of hydrogen-bond donors (Lipinski definition) is 1. The van der Waals surface area contributed by atoms with Crippen molar-refractivity contribution in [3.05, 3.63) is 29.3 Å². The summed E-state index contributed by atoms with van der Waals surface area (Å²) in [5.74, 6) is -0.0450. The van der Waals surface area contributed by atoms with Crippen molar-refractivity contribution < 1.29 is 19.4 Å². The fourth-order valence-corrected chi connectivity index (χ4v) is 2.60. The molecule has 0 fully saturated rings. The third-order valence-electron chi connectivity index (χ3n) is 3.49. The van der Waals surface area contributed by atoms with Crippen molar-refractivity contribution in [3.8, 4) is 5.75 Å². The molecule has 4 nitrogen and oxygen atoms in total. The fraction of sp³-hybridized carbons (Fsp3) is 0.500. The van der Waals surface area contributed by atoms with Gasteiger partial charge < -0.3 is 9.84 Å². The van der Waals surface area contributed by atoms with E-state index < -0.39 is 11.4 Å². The van der Waals surface area contributed by atoms with E-state index in [1.165, 1.54) is 0 Å². The zero-order chi connectivity index (χ0) is 14.9. The van der Waals surface area contributed by atoms with E-state index in [9.17, 15) is 9.59 Å². The Morgan fingerprint density at radius 2 is 2.05 bits per heavy atom. The van der Waals surface area contributed by atoms with Crippen LogP contribution >= 0.6 is 0 Å². The summed E-state index contributed by atoms with van der Waals surface area (Å²) in [4.78, 5) is 23.1. The Hall–Kier alpha value is -1.84. The summed E-state index contributed by atoms with van der Waals surface area (Å²) >= 11 is 0. The van der Waals surface area contributed by atoms with Crippen molar-refractivity contribution in [3.63, 3.8) is 0 Å². The molecule has 0 aromatic heterocycles. The first kappa shape index (κ1) is 14.6. The summed E-state index contributed by atoms with van der Waals surface area (Å²) in [6, 6.07) is 5.46. The highest BCUT2D eigenvalue weighted by Gasteiger charge is 2.27. The molecule has 0 radical (unpaired) electrons. The molecule has 1 heterocycles. The Morgan fingerprint density at radius 3 is 2.70 bits per heavy atom. The average Bonchev–Trinajstić information content (AvgIpc) is 2.64. The average molecular weight is 276 g/mol. The first-order chi connectivity index (χ1) is 9.27. The van der Waals surface area contributed by atoms with Gasteiger partial charge in [0.25, 0.3) is 0 Å². The lowest BCUT2D eigenvalue weighted by atomic mass is 9.82. The largest absolute Gasteiger partial charge is 0.490 e. The molecule has 1 unspecified atom stereocenters. The van der Waals surface area contributed by atoms with Crippen molar-refractivity contribution in [1.29, 1.82) is 0 Å². The SMILES string of the molecule is CC1Cc2cc(C(=O)CC(C)(C)CC(=O)O)ccc2O1. The fourth-order valence-electron chi connectivity index (χ4n) is 2.60. The lowest BCUT2D eigenvalue weighted by molar-refractivity contribution is -0.139. The first-order valence-corrected chi connectivity index (χ1v) is 6.81. The van der Waals surface area contributed by atoms with Gasteiger partial charge in [0.1, 0.15) is 11.9 Å². The van der Waals surface area contributed by atoms with Gasteiger partial charge >= 0.3 is 5.97 Å². The zero-order valence-electron chi connectivity index (χ0n) is 12.1. The number of carboxylic acid groups (broad SMARTS) is 1. The molecule has 1 aliphatic rings. The zero-order valence-corrected chi connectivity index (χ0v) is 12.1. The monoisotopic (exact) mass is 276 g/mol. The van der Waals surface area contributed by atoms with Gasteiger partial charge in [0.15, 0.2) is 5.78 Å². The summed E-state index contributed by atoms with van der Waals surface area (Å²) in [5, 5.41) is 8.86. The predicted molar refractivity (Wildman–Crippen MR) is 75.2 cm³/mol. The Kier molecular flexibility index (Phi) is 3.84. The number of hydrogen-bond acceptors (Lipinski definition) is 3. The number of ketones is 1. The normalized spacial score (nSPS) is 17.4. The van der Waals surface area contributed by atoms with Crippen molar-refractivity contribution in [2.24, 2.45) is 5.41 Å². The molecule has 0 saturated heterocycles. The molecule has 1 aliphatic heterocycles. The minimum atomic E-state index is -0.876. The molecule has 1 N–H and O–H groups in total. The molecule has 0 saturated carbocycles. The highest BCUT2D eigenvalue weighted by Crippen LogP contribution is 2.32. The Morgan fingerprint density at radius 1 is 1.35 bits per heavy atom. The summed E-state index contributed by atoms with van der Waals surface area (Å²) in [7, 11) is 0. The molecular formula is C16H20O4. The first-order valence-electron chi connectivity index (χ1n) is 6.81. The van der Waals surface area contributed by atoms with Crippen molar-refractivity contribution in [2.75, 3.05) is 0 Å². The number of carbonyl (C=O) groups is 2. The minimum absolute atomic E-state index is 0.0101. The van der Waals surface area contributed by atoms with E-state index in [0.29, 0.717) is 5.56 Å². The van der Waals surface area contributed by atoms with Gasteiger partial charge in [-0.2, -0.15) is 0 Å². The van der Waals surface area contributed by atoms with E-state index in [1.807, 2.05) is 19.1 Å². The topological polar surface area (TPSA) is 63.6 Å². The van der Waals surface area contributed by atoms with Crippen LogP contribution in [-0.2, 0) is 11.2 Å². The molecule has 0 spiro atoms. The standard InChI is InChI=1S/C16H20O4/c1-10-6-12-7-11(4-5-14(12)20-10)13(17)8-16(2,3)9-15(18)19/h4-5,7,10H,6,8-9H2,1-3H3,(H,18,19). The maximum Gasteiger partial charge on any atom is 0.303 e. The van der Waals surface area contributed by atoms with E-state index in [1.54, 1.807) is 19.9 Å². The number of carbonyl (C=O) groups excluding carboxylic acids is 1. The summed E-state index contributed by atoms with van der Waals surface area (Å²) in [6.45, 7) is 5.60. The Bertz CT molecular complexity index is 545. The lowest BCUT2D eigenvalue weighted by Crippen LogP contribution is -2.21. The molecule has 1 aromatic carbocycles. The van der Waals surface area contributed by atoms with Crippen molar-refractivity contribution >= 4 is 11.8 Å². The highest BCUT2D eigenvalue weighted by molar-refractivity contribution is 5.97. The smallest absolute Gasteiger partial charge is 0.303 e. The summed E-state index contributed by atoms with van der Waals surface area (Å²) < 4.78 is 5.61. The van der Waals surface area contributed by atoms with E-state index in [0.717, 1.165) is 17.7 Å². The second kappa shape index (κ2) is 5.27. The number of Topliss-reactive ketones (excluding diaryl/α,β-unsaturated/α-hetero) is 1. The van der Waals surface area contributed by atoms with Crippen LogP contribution in [-0.4, -0.2) is 23.0 Å². The molecule has 0 bridgehead atoms. The minimum Gasteiger partial charge on any atom is -0.490 e. The van der Waals surface area contributed by atoms with Gasteiger partial charge in [-0.05, 0) is 36.1 Å². The van der Waals surface area contributed by atoms with E-state index in [-0.39, 0.29) is 24.7 Å². The molecular weight excluding hydrogens is 256 g/mol. The summed E-state index contributed by atoms with van der Waals surface area (Å²) in [5.41, 5.74) is 1.16. The van der Waals surface area contributed by atoms with Crippen LogP contribution in [0, 0.1) is 5.41 Å². The molecule has 1 atom stereocenters. The van der Waals surface area contributed by atoms with Gasteiger partial charge in [0.2, 0.25) is 0 Å². The van der Waals surface area contributed by atoms with Crippen LogP contribution in [0.1, 0.15) is 49.5 Å². The highest BCUT2D eigenvalue weighted by atomic mass is 16.5. The van der Waals surface area contributed by atoms with Gasteiger partial charge in [-0.25, -0.2) is 0 Å². The third kappa shape index (κ3) is 3.38. The second-order valence-electron chi connectivity index (χ2n) is 6.29. The van der Waals surface area contributed by atoms with Crippen LogP contribution in [0.25, 0.3) is 0 Å². The van der Waals surface area contributed by atoms with E-state index in [2.05, 4.69) is 0 Å². The molecule has 20 heavy (non-hydrogen) atoms. The molecule has 0 amide bonds. The van der Waals surface area contributed by atoms with Crippen LogP contribution in [0.15, 0.2) is 18.2 Å². The van der Waals surface area contributed by atoms with Gasteiger partial charge in [0, 0.05) is 18.4 Å². The maximum atomic E-state index is 12.3. The Balaban J connectivity index is 2.11. The van der Waals surface area contributed by atoms with Gasteiger partial charge in [-0.3, -0.25) is 9.59 Å². The number of rotatable bonds is 5. The van der Waals surface area contributed by atoms with Crippen LogP contribution in [0.4, 0.5) is 0 Å². The molecule has 0 aliphatic carbocycles. The number of fused-ring (bicyclic) bond motifs is 1. The van der Waals surface area contributed by atoms with Crippen molar-refractivity contribution in [2.45, 2.75) is 46.1 Å². The number of aliphatic carboxylic acids is 1. The van der Waals surface area contributed by atoms with Crippen LogP contribution < -0.4 is 4.74 Å². The quantitative estimate of drug-likeness (QED) is 0.839. The van der Waals surface area contributed by atoms with Gasteiger partial charge in [-0.1, -0.05) is 13.8 Å². The van der Waals surface area contributed by atoms with Crippen LogP contribution in [0.5, 0.6) is 5.75 Å². The number of carboxylic acids is 1. The van der Waals surface area contributed by atoms with Crippen LogP contribution in [0.2, 0.25) is 0 Å². The molecule has 4 heteroatoms. The van der Waals surface area contributed by atoms with Crippen LogP contribution in [0.3, 0.4) is 0 Å². The van der Waals surface area contributed by atoms with Gasteiger partial charge in [-0.15, -0.1) is 0 Å². The molecule has 108 valence electrons. The van der Waals surface area contributed by atoms with E-state index >= 15 is 0 Å². The van der Waals surface area contributed by atoms with Gasteiger partial charge in [0.05, 0.1) is 6.42 Å². The predicted octanol–water partition coefficient (Wildman–Crippen LogP) is 3.08. The number of benzene rings is 1. The lowest BCUT2D eigenvalue weighted by Gasteiger charge is -2.21. The third-order valence-corrected chi connectivity index (χ3v) is 3.49. The maximum absolute atomic E-state index is 12.3. The second-order valence-corrected chi connectivity index (χ2v) is 6.29.